The van der Waals surface area contributed by atoms with Crippen LogP contribution in [0.15, 0.2) is 65.3 Å². The minimum absolute atomic E-state index is 0.0442. The topological polar surface area (TPSA) is 109 Å². The molecule has 10 heteroatoms. The molecule has 0 saturated carbocycles. The number of halogens is 2. The van der Waals surface area contributed by atoms with Crippen molar-refractivity contribution in [2.45, 2.75) is 6.42 Å². The van der Waals surface area contributed by atoms with Gasteiger partial charge in [0.1, 0.15) is 5.82 Å². The van der Waals surface area contributed by atoms with Gasteiger partial charge in [-0.3, -0.25) is 0 Å². The van der Waals surface area contributed by atoms with E-state index in [1.54, 1.807) is 24.4 Å². The molecule has 0 aliphatic heterocycles. The Morgan fingerprint density at radius 3 is 2.64 bits per heavy atom. The van der Waals surface area contributed by atoms with Crippen molar-refractivity contribution in [2.24, 2.45) is 0 Å². The molecule has 0 aliphatic rings. The van der Waals surface area contributed by atoms with E-state index in [1.165, 1.54) is 12.1 Å². The van der Waals surface area contributed by atoms with Crippen LogP contribution in [0.2, 0.25) is 0 Å². The lowest BCUT2D eigenvalue weighted by Crippen LogP contribution is -2.28. The zero-order valence-electron chi connectivity index (χ0n) is 17.3. The molecule has 168 valence electrons. The normalized spacial score (nSPS) is 10.8. The van der Waals surface area contributed by atoms with Crippen LogP contribution < -0.4 is 15.4 Å². The lowest BCUT2D eigenvalue weighted by atomic mass is 10.1. The number of pyridine rings is 1. The number of carbonyl (C=O) groups is 1. The van der Waals surface area contributed by atoms with Crippen LogP contribution in [0.5, 0.6) is 5.88 Å². The second kappa shape index (κ2) is 10.3. The van der Waals surface area contributed by atoms with E-state index in [0.717, 1.165) is 10.0 Å². The van der Waals surface area contributed by atoms with Gasteiger partial charge in [0, 0.05) is 46.0 Å². The maximum Gasteiger partial charge on any atom is 0.413 e. The summed E-state index contributed by atoms with van der Waals surface area (Å²) in [4.78, 5) is 25.5. The highest BCUT2D eigenvalue weighted by Gasteiger charge is 2.17. The molecule has 0 spiro atoms. The molecule has 8 nitrogen and oxygen atoms in total. The number of aliphatic hydroxyl groups is 1. The number of hydrogen-bond acceptors (Lipinski definition) is 7. The van der Waals surface area contributed by atoms with Gasteiger partial charge < -0.3 is 20.5 Å². The maximum absolute atomic E-state index is 13.2. The number of aromatic nitrogens is 3. The molecule has 0 bridgehead atoms. The van der Waals surface area contributed by atoms with E-state index in [1.807, 2.05) is 24.3 Å². The van der Waals surface area contributed by atoms with Gasteiger partial charge >= 0.3 is 6.09 Å². The highest BCUT2D eigenvalue weighted by molar-refractivity contribution is 9.10. The van der Waals surface area contributed by atoms with E-state index >= 15 is 0 Å². The number of anilines is 2. The lowest BCUT2D eigenvalue weighted by molar-refractivity contribution is 0.197. The molecule has 0 saturated heterocycles. The summed E-state index contributed by atoms with van der Waals surface area (Å²) in [6.07, 6.45) is 1.32. The number of benzene rings is 2. The third-order valence-corrected chi connectivity index (χ3v) is 5.28. The number of nitrogens with zero attached hydrogens (tertiary/aromatic N) is 3. The zero-order chi connectivity index (χ0) is 23.2. The molecule has 0 radical (unpaired) electrons. The first-order chi connectivity index (χ1) is 16.0. The number of fused-ring (bicyclic) bond motifs is 1. The molecule has 2 aromatic heterocycles. The predicted molar refractivity (Wildman–Crippen MR) is 126 cm³/mol. The number of hydrogen-bond donors (Lipinski definition) is 3. The van der Waals surface area contributed by atoms with E-state index < -0.39 is 6.09 Å². The van der Waals surface area contributed by atoms with E-state index in [0.29, 0.717) is 28.7 Å². The van der Waals surface area contributed by atoms with Gasteiger partial charge in [-0.05, 0) is 42.8 Å². The van der Waals surface area contributed by atoms with Crippen molar-refractivity contribution in [3.8, 4) is 17.0 Å². The number of amides is 1. The fraction of sp³-hybridized carbons (Fsp3) is 0.130. The number of aliphatic hydroxyl groups excluding tert-OH is 1. The molecule has 1 amide bonds. The Hall–Kier alpha value is -3.63. The van der Waals surface area contributed by atoms with Crippen LogP contribution in [-0.4, -0.2) is 39.3 Å². The van der Waals surface area contributed by atoms with Gasteiger partial charge in [-0.1, -0.05) is 34.1 Å². The smallest absolute Gasteiger partial charge is 0.396 e. The van der Waals surface area contributed by atoms with Crippen molar-refractivity contribution in [1.29, 1.82) is 0 Å². The number of rotatable bonds is 7. The maximum atomic E-state index is 13.2. The average Bonchev–Trinajstić information content (AvgIpc) is 2.81. The summed E-state index contributed by atoms with van der Waals surface area (Å²) in [6, 6.07) is 15.1. The summed E-state index contributed by atoms with van der Waals surface area (Å²) in [5, 5.41) is 15.1. The molecule has 2 heterocycles. The second-order valence-electron chi connectivity index (χ2n) is 6.95. The fourth-order valence-corrected chi connectivity index (χ4v) is 3.51. The third kappa shape index (κ3) is 5.60. The molecule has 33 heavy (non-hydrogen) atoms. The Morgan fingerprint density at radius 1 is 1.09 bits per heavy atom. The van der Waals surface area contributed by atoms with Crippen molar-refractivity contribution in [3.63, 3.8) is 0 Å². The van der Waals surface area contributed by atoms with Crippen LogP contribution in [0.4, 0.5) is 20.8 Å². The molecule has 0 atom stereocenters. The third-order valence-electron chi connectivity index (χ3n) is 4.59. The number of carbonyl (C=O) groups excluding carboxylic acids is 1. The van der Waals surface area contributed by atoms with Crippen molar-refractivity contribution >= 4 is 44.7 Å². The summed E-state index contributed by atoms with van der Waals surface area (Å²) in [7, 11) is 0. The van der Waals surface area contributed by atoms with Crippen LogP contribution >= 0.6 is 15.9 Å². The van der Waals surface area contributed by atoms with Gasteiger partial charge in [0.2, 0.25) is 11.8 Å². The van der Waals surface area contributed by atoms with Crippen LogP contribution in [0, 0.1) is 5.82 Å². The Morgan fingerprint density at radius 2 is 1.88 bits per heavy atom. The minimum atomic E-state index is -0.692. The van der Waals surface area contributed by atoms with Crippen LogP contribution in [0.3, 0.4) is 0 Å². The first-order valence-corrected chi connectivity index (χ1v) is 10.8. The average molecular weight is 512 g/mol. The largest absolute Gasteiger partial charge is 0.413 e. The van der Waals surface area contributed by atoms with Gasteiger partial charge in [-0.15, -0.1) is 0 Å². The van der Waals surface area contributed by atoms with Gasteiger partial charge in [0.05, 0.1) is 0 Å². The molecule has 4 rings (SSSR count). The summed E-state index contributed by atoms with van der Waals surface area (Å²) in [5.74, 6) is -0.0174. The Kier molecular flexibility index (Phi) is 7.06. The second-order valence-corrected chi connectivity index (χ2v) is 7.81. The molecular weight excluding hydrogens is 493 g/mol. The van der Waals surface area contributed by atoms with E-state index in [9.17, 15) is 9.18 Å². The SMILES string of the molecule is O=C(NCCCO)Oc1nc2nc(Nc3ccc(F)cc3)ncc2cc1-c1ccccc1Br. The van der Waals surface area contributed by atoms with Gasteiger partial charge in [-0.2, -0.15) is 9.97 Å². The fourth-order valence-electron chi connectivity index (χ4n) is 3.01. The minimum Gasteiger partial charge on any atom is -0.396 e. The van der Waals surface area contributed by atoms with Gasteiger partial charge in [0.25, 0.3) is 0 Å². The van der Waals surface area contributed by atoms with E-state index in [-0.39, 0.29) is 30.8 Å². The first kappa shape index (κ1) is 22.6. The van der Waals surface area contributed by atoms with E-state index in [2.05, 4.69) is 41.5 Å². The highest BCUT2D eigenvalue weighted by Crippen LogP contribution is 2.36. The summed E-state index contributed by atoms with van der Waals surface area (Å²) in [5.41, 5.74) is 2.28. The monoisotopic (exact) mass is 511 g/mol. The summed E-state index contributed by atoms with van der Waals surface area (Å²) >= 11 is 3.52. The molecule has 0 fully saturated rings. The van der Waals surface area contributed by atoms with E-state index in [4.69, 9.17) is 9.84 Å². The Labute approximate surface area is 197 Å². The molecule has 0 unspecified atom stereocenters. The van der Waals surface area contributed by atoms with Crippen molar-refractivity contribution in [3.05, 3.63) is 71.1 Å². The molecule has 4 aromatic rings. The quantitative estimate of drug-likeness (QED) is 0.305. The Bertz CT molecular complexity index is 1290. The molecular formula is C23H19BrFN5O3. The predicted octanol–water partition coefficient (Wildman–Crippen LogP) is 4.81. The number of nitrogens with one attached hydrogen (secondary N) is 2. The van der Waals surface area contributed by atoms with Crippen molar-refractivity contribution in [1.82, 2.24) is 20.3 Å². The molecule has 2 aromatic carbocycles. The first-order valence-electron chi connectivity index (χ1n) is 10.1. The summed E-state index contributed by atoms with van der Waals surface area (Å²) in [6.45, 7) is 0.221. The van der Waals surface area contributed by atoms with Crippen LogP contribution in [-0.2, 0) is 0 Å². The van der Waals surface area contributed by atoms with Crippen LogP contribution in [0.1, 0.15) is 6.42 Å². The highest BCUT2D eigenvalue weighted by atomic mass is 79.9. The van der Waals surface area contributed by atoms with Gasteiger partial charge in [0.15, 0.2) is 5.65 Å². The summed E-state index contributed by atoms with van der Waals surface area (Å²) < 4.78 is 19.4. The van der Waals surface area contributed by atoms with Crippen LogP contribution in [0.25, 0.3) is 22.2 Å². The molecule has 0 aliphatic carbocycles. The molecule has 3 N–H and O–H groups in total. The number of ether oxygens (including phenoxy) is 1. The van der Waals surface area contributed by atoms with Crippen molar-refractivity contribution in [2.75, 3.05) is 18.5 Å². The van der Waals surface area contributed by atoms with Gasteiger partial charge in [-0.25, -0.2) is 14.2 Å². The lowest BCUT2D eigenvalue weighted by Gasteiger charge is -2.13. The van der Waals surface area contributed by atoms with Crippen molar-refractivity contribution < 1.29 is 19.0 Å². The Balaban J connectivity index is 1.71. The zero-order valence-corrected chi connectivity index (χ0v) is 18.8. The standard InChI is InChI=1S/C23H19BrFN5O3/c24-19-5-2-1-4-17(19)18-12-14-13-27-22(28-16-8-6-15(25)7-9-16)30-20(14)29-21(18)33-23(32)26-10-3-11-31/h1-2,4-9,12-13,31H,3,10-11H2,(H,26,32)(H,27,28,29,30).